The maximum Gasteiger partial charge on any atom is 0.265 e. The van der Waals surface area contributed by atoms with E-state index in [1.807, 2.05) is 30.3 Å². The molecular weight excluding hydrogens is 316 g/mol. The Hall–Kier alpha value is -2.37. The molecule has 0 aliphatic rings. The highest BCUT2D eigenvalue weighted by Gasteiger charge is 2.18. The van der Waals surface area contributed by atoms with Crippen molar-refractivity contribution in [1.82, 2.24) is 10.8 Å². The summed E-state index contributed by atoms with van der Waals surface area (Å²) in [7, 11) is 0. The summed E-state index contributed by atoms with van der Waals surface area (Å²) in [5, 5.41) is 2.90. The molecule has 5 nitrogen and oxygen atoms in total. The SMILES string of the molecule is CC(NC(=O)c1ccccc1Cl)C(=O)NOCc1ccccc1. The minimum atomic E-state index is -0.755. The van der Waals surface area contributed by atoms with E-state index in [1.165, 1.54) is 0 Å². The molecule has 0 fully saturated rings. The molecule has 6 heteroatoms. The fourth-order valence-corrected chi connectivity index (χ4v) is 2.06. The Balaban J connectivity index is 1.81. The van der Waals surface area contributed by atoms with E-state index in [0.29, 0.717) is 10.6 Å². The standard InChI is InChI=1S/C17H17ClN2O3/c1-12(19-17(22)14-9-5-6-10-15(14)18)16(21)20-23-11-13-7-3-2-4-8-13/h2-10,12H,11H2,1H3,(H,19,22)(H,20,21). The number of halogens is 1. The molecule has 2 amide bonds. The highest BCUT2D eigenvalue weighted by atomic mass is 35.5. The van der Waals surface area contributed by atoms with E-state index >= 15 is 0 Å². The number of carbonyl (C=O) groups is 2. The molecule has 0 radical (unpaired) electrons. The van der Waals surface area contributed by atoms with Gasteiger partial charge in [-0.25, -0.2) is 5.48 Å². The van der Waals surface area contributed by atoms with Crippen molar-refractivity contribution in [2.75, 3.05) is 0 Å². The predicted octanol–water partition coefficient (Wildman–Crippen LogP) is 2.71. The lowest BCUT2D eigenvalue weighted by atomic mass is 10.2. The molecule has 0 saturated heterocycles. The minimum Gasteiger partial charge on any atom is -0.340 e. The summed E-state index contributed by atoms with van der Waals surface area (Å²) >= 11 is 5.95. The second-order valence-corrected chi connectivity index (χ2v) is 5.32. The number of nitrogens with one attached hydrogen (secondary N) is 2. The van der Waals surface area contributed by atoms with Gasteiger partial charge in [-0.05, 0) is 24.6 Å². The smallest absolute Gasteiger partial charge is 0.265 e. The van der Waals surface area contributed by atoms with Gasteiger partial charge >= 0.3 is 0 Å². The van der Waals surface area contributed by atoms with Crippen LogP contribution in [0.15, 0.2) is 54.6 Å². The number of carbonyl (C=O) groups excluding carboxylic acids is 2. The van der Waals surface area contributed by atoms with Crippen LogP contribution in [-0.4, -0.2) is 17.9 Å². The molecular formula is C17H17ClN2O3. The van der Waals surface area contributed by atoms with Crippen molar-refractivity contribution in [3.63, 3.8) is 0 Å². The Morgan fingerprint density at radius 1 is 1.09 bits per heavy atom. The predicted molar refractivity (Wildman–Crippen MR) is 87.8 cm³/mol. The lowest BCUT2D eigenvalue weighted by Gasteiger charge is -2.14. The molecule has 2 N–H and O–H groups in total. The Bertz CT molecular complexity index is 677. The van der Waals surface area contributed by atoms with Crippen molar-refractivity contribution in [3.05, 3.63) is 70.7 Å². The topological polar surface area (TPSA) is 67.4 Å². The Morgan fingerprint density at radius 3 is 2.43 bits per heavy atom. The maximum absolute atomic E-state index is 12.1. The molecule has 2 rings (SSSR count). The number of rotatable bonds is 6. The van der Waals surface area contributed by atoms with Crippen LogP contribution in [0.1, 0.15) is 22.8 Å². The van der Waals surface area contributed by atoms with Crippen LogP contribution in [-0.2, 0) is 16.2 Å². The quantitative estimate of drug-likeness (QED) is 0.799. The monoisotopic (exact) mass is 332 g/mol. The highest BCUT2D eigenvalue weighted by molar-refractivity contribution is 6.33. The third kappa shape index (κ3) is 5.09. The van der Waals surface area contributed by atoms with Crippen molar-refractivity contribution in [2.45, 2.75) is 19.6 Å². The minimum absolute atomic E-state index is 0.248. The summed E-state index contributed by atoms with van der Waals surface area (Å²) in [5.74, 6) is -0.859. The normalized spacial score (nSPS) is 11.6. The van der Waals surface area contributed by atoms with Crippen LogP contribution < -0.4 is 10.8 Å². The van der Waals surface area contributed by atoms with Gasteiger partial charge in [-0.1, -0.05) is 54.1 Å². The van der Waals surface area contributed by atoms with Gasteiger partial charge in [0.1, 0.15) is 6.04 Å². The van der Waals surface area contributed by atoms with Gasteiger partial charge in [-0.2, -0.15) is 0 Å². The second-order valence-electron chi connectivity index (χ2n) is 4.92. The average Bonchev–Trinajstić information content (AvgIpc) is 2.56. The fourth-order valence-electron chi connectivity index (χ4n) is 1.84. The molecule has 0 aliphatic carbocycles. The Kier molecular flexibility index (Phi) is 6.14. The van der Waals surface area contributed by atoms with E-state index < -0.39 is 17.9 Å². The van der Waals surface area contributed by atoms with Gasteiger partial charge in [0.15, 0.2) is 0 Å². The first-order valence-corrected chi connectivity index (χ1v) is 7.46. The molecule has 0 saturated carbocycles. The zero-order chi connectivity index (χ0) is 16.7. The van der Waals surface area contributed by atoms with E-state index in [-0.39, 0.29) is 6.61 Å². The van der Waals surface area contributed by atoms with E-state index in [2.05, 4.69) is 10.8 Å². The summed E-state index contributed by atoms with van der Waals surface area (Å²) in [6.07, 6.45) is 0. The molecule has 1 unspecified atom stereocenters. The third-order valence-electron chi connectivity index (χ3n) is 3.11. The van der Waals surface area contributed by atoms with Crippen LogP contribution >= 0.6 is 11.6 Å². The van der Waals surface area contributed by atoms with Crippen LogP contribution in [0.4, 0.5) is 0 Å². The number of hydrogen-bond donors (Lipinski definition) is 2. The van der Waals surface area contributed by atoms with Gasteiger partial charge in [0, 0.05) is 0 Å². The fraction of sp³-hybridized carbons (Fsp3) is 0.176. The van der Waals surface area contributed by atoms with Gasteiger partial charge in [0.25, 0.3) is 11.8 Å². The Labute approximate surface area is 139 Å². The molecule has 0 heterocycles. The van der Waals surface area contributed by atoms with Crippen molar-refractivity contribution < 1.29 is 14.4 Å². The van der Waals surface area contributed by atoms with Crippen LogP contribution in [0.25, 0.3) is 0 Å². The van der Waals surface area contributed by atoms with Gasteiger partial charge in [-0.15, -0.1) is 0 Å². The highest BCUT2D eigenvalue weighted by Crippen LogP contribution is 2.14. The van der Waals surface area contributed by atoms with Crippen LogP contribution in [0.5, 0.6) is 0 Å². The zero-order valence-corrected chi connectivity index (χ0v) is 13.3. The van der Waals surface area contributed by atoms with Crippen molar-refractivity contribution in [1.29, 1.82) is 0 Å². The van der Waals surface area contributed by atoms with Gasteiger partial charge in [-0.3, -0.25) is 14.4 Å². The lowest BCUT2D eigenvalue weighted by molar-refractivity contribution is -0.136. The average molecular weight is 333 g/mol. The molecule has 0 spiro atoms. The molecule has 2 aromatic carbocycles. The first kappa shape index (κ1) is 17.0. The molecule has 120 valence electrons. The van der Waals surface area contributed by atoms with E-state index in [9.17, 15) is 9.59 Å². The van der Waals surface area contributed by atoms with Gasteiger partial charge in [0.05, 0.1) is 17.2 Å². The summed E-state index contributed by atoms with van der Waals surface area (Å²) in [5.41, 5.74) is 3.57. The van der Waals surface area contributed by atoms with E-state index in [4.69, 9.17) is 16.4 Å². The summed E-state index contributed by atoms with van der Waals surface area (Å²) in [6, 6.07) is 15.3. The summed E-state index contributed by atoms with van der Waals surface area (Å²) in [6.45, 7) is 1.81. The first-order chi connectivity index (χ1) is 11.1. The van der Waals surface area contributed by atoms with Crippen molar-refractivity contribution >= 4 is 23.4 Å². The molecule has 0 aliphatic heterocycles. The molecule has 0 aromatic heterocycles. The van der Waals surface area contributed by atoms with E-state index in [1.54, 1.807) is 31.2 Å². The third-order valence-corrected chi connectivity index (χ3v) is 3.44. The Morgan fingerprint density at radius 2 is 1.74 bits per heavy atom. The number of hydrogen-bond acceptors (Lipinski definition) is 3. The van der Waals surface area contributed by atoms with Crippen LogP contribution in [0.3, 0.4) is 0 Å². The molecule has 23 heavy (non-hydrogen) atoms. The zero-order valence-electron chi connectivity index (χ0n) is 12.6. The second kappa shape index (κ2) is 8.31. The molecule has 2 aromatic rings. The number of amides is 2. The van der Waals surface area contributed by atoms with Crippen molar-refractivity contribution in [3.8, 4) is 0 Å². The number of hydroxylamine groups is 1. The van der Waals surface area contributed by atoms with E-state index in [0.717, 1.165) is 5.56 Å². The summed E-state index contributed by atoms with van der Waals surface area (Å²) in [4.78, 5) is 29.1. The first-order valence-electron chi connectivity index (χ1n) is 7.09. The molecule has 1 atom stereocenters. The lowest BCUT2D eigenvalue weighted by Crippen LogP contribution is -2.44. The van der Waals surface area contributed by atoms with Crippen LogP contribution in [0.2, 0.25) is 5.02 Å². The summed E-state index contributed by atoms with van der Waals surface area (Å²) < 4.78 is 0. The number of benzene rings is 2. The maximum atomic E-state index is 12.1. The van der Waals surface area contributed by atoms with Crippen molar-refractivity contribution in [2.24, 2.45) is 0 Å². The largest absolute Gasteiger partial charge is 0.340 e. The van der Waals surface area contributed by atoms with Gasteiger partial charge in [0.2, 0.25) is 0 Å². The van der Waals surface area contributed by atoms with Crippen LogP contribution in [0, 0.1) is 0 Å². The molecule has 0 bridgehead atoms. The van der Waals surface area contributed by atoms with Gasteiger partial charge < -0.3 is 5.32 Å².